The molecule has 84 valence electrons. The topological polar surface area (TPSA) is 75.1 Å². The summed E-state index contributed by atoms with van der Waals surface area (Å²) in [5.74, 6) is -0.936. The van der Waals surface area contributed by atoms with Crippen LogP contribution in [0.5, 0.6) is 0 Å². The number of carboxylic acid groups (broad SMARTS) is 1. The monoisotopic (exact) mass is 240 g/mol. The predicted molar refractivity (Wildman–Crippen MR) is 59.9 cm³/mol. The minimum absolute atomic E-state index is 0.118. The number of fused-ring (bicyclic) bond motifs is 1. The molecule has 0 unspecified atom stereocenters. The Balaban J connectivity index is 2.68. The lowest BCUT2D eigenvalue weighted by atomic mass is 10.1. The van der Waals surface area contributed by atoms with E-state index in [9.17, 15) is 9.59 Å². The van der Waals surface area contributed by atoms with Gasteiger partial charge < -0.3 is 10.1 Å². The Hall–Kier alpha value is -1.75. The number of benzene rings is 1. The number of hydrogen-bond donors (Lipinski definition) is 2. The van der Waals surface area contributed by atoms with Crippen molar-refractivity contribution in [2.75, 3.05) is 0 Å². The van der Waals surface area contributed by atoms with Gasteiger partial charge in [-0.1, -0.05) is 11.6 Å². The van der Waals surface area contributed by atoms with Gasteiger partial charge in [-0.3, -0.25) is 9.36 Å². The Morgan fingerprint density at radius 3 is 2.88 bits per heavy atom. The lowest BCUT2D eigenvalue weighted by Gasteiger charge is -2.01. The lowest BCUT2D eigenvalue weighted by molar-refractivity contribution is -0.136. The van der Waals surface area contributed by atoms with E-state index in [1.54, 1.807) is 19.2 Å². The van der Waals surface area contributed by atoms with Gasteiger partial charge in [0.25, 0.3) is 0 Å². The zero-order valence-electron chi connectivity index (χ0n) is 8.45. The van der Waals surface area contributed by atoms with E-state index < -0.39 is 5.97 Å². The molecule has 0 saturated carbocycles. The van der Waals surface area contributed by atoms with Crippen molar-refractivity contribution in [3.63, 3.8) is 0 Å². The summed E-state index contributed by atoms with van der Waals surface area (Å²) in [5.41, 5.74) is 1.42. The quantitative estimate of drug-likeness (QED) is 0.827. The van der Waals surface area contributed by atoms with Crippen LogP contribution in [0, 0.1) is 0 Å². The summed E-state index contributed by atoms with van der Waals surface area (Å²) >= 11 is 5.99. The molecule has 2 rings (SSSR count). The van der Waals surface area contributed by atoms with Gasteiger partial charge in [0.2, 0.25) is 0 Å². The van der Waals surface area contributed by atoms with E-state index in [2.05, 4.69) is 4.98 Å². The van der Waals surface area contributed by atoms with Crippen LogP contribution in [0.15, 0.2) is 16.9 Å². The average Bonchev–Trinajstić information content (AvgIpc) is 2.41. The molecule has 0 aliphatic rings. The van der Waals surface area contributed by atoms with Gasteiger partial charge in [-0.15, -0.1) is 0 Å². The number of carboxylic acids is 1. The normalized spacial score (nSPS) is 10.9. The van der Waals surface area contributed by atoms with Crippen LogP contribution < -0.4 is 5.69 Å². The molecular formula is C10H9ClN2O3. The number of aromatic amines is 1. The van der Waals surface area contributed by atoms with Crippen molar-refractivity contribution in [2.45, 2.75) is 6.42 Å². The Morgan fingerprint density at radius 2 is 2.25 bits per heavy atom. The molecule has 0 fully saturated rings. The molecule has 1 aromatic carbocycles. The highest BCUT2D eigenvalue weighted by molar-refractivity contribution is 6.35. The maximum absolute atomic E-state index is 11.4. The first-order chi connectivity index (χ1) is 7.49. The number of H-pyrrole nitrogens is 1. The maximum atomic E-state index is 11.4. The fourth-order valence-electron chi connectivity index (χ4n) is 1.67. The molecule has 5 nitrogen and oxygen atoms in total. The van der Waals surface area contributed by atoms with Crippen molar-refractivity contribution in [1.82, 2.24) is 9.55 Å². The van der Waals surface area contributed by atoms with Crippen molar-refractivity contribution >= 4 is 28.6 Å². The Bertz CT molecular complexity index is 627. The number of halogens is 1. The molecule has 0 aliphatic carbocycles. The van der Waals surface area contributed by atoms with E-state index in [4.69, 9.17) is 16.7 Å². The van der Waals surface area contributed by atoms with E-state index in [-0.39, 0.29) is 12.1 Å². The minimum atomic E-state index is -0.936. The Kier molecular flexibility index (Phi) is 2.47. The van der Waals surface area contributed by atoms with Gasteiger partial charge in [0, 0.05) is 7.05 Å². The Labute approximate surface area is 95.3 Å². The van der Waals surface area contributed by atoms with Gasteiger partial charge in [-0.2, -0.15) is 0 Å². The number of aromatic nitrogens is 2. The number of hydrogen-bond acceptors (Lipinski definition) is 2. The molecule has 2 aromatic rings. The zero-order chi connectivity index (χ0) is 11.9. The highest BCUT2D eigenvalue weighted by atomic mass is 35.5. The van der Waals surface area contributed by atoms with Crippen LogP contribution in [-0.4, -0.2) is 20.6 Å². The van der Waals surface area contributed by atoms with Crippen LogP contribution in [-0.2, 0) is 18.3 Å². The van der Waals surface area contributed by atoms with E-state index in [0.29, 0.717) is 21.6 Å². The van der Waals surface area contributed by atoms with Gasteiger partial charge in [0.1, 0.15) is 0 Å². The fraction of sp³-hybridized carbons (Fsp3) is 0.200. The molecule has 0 bridgehead atoms. The summed E-state index contributed by atoms with van der Waals surface area (Å²) in [4.78, 5) is 24.5. The van der Waals surface area contributed by atoms with Gasteiger partial charge in [-0.05, 0) is 17.7 Å². The molecule has 1 aromatic heterocycles. The van der Waals surface area contributed by atoms with Crippen molar-refractivity contribution in [2.24, 2.45) is 7.05 Å². The van der Waals surface area contributed by atoms with Crippen LogP contribution in [0.3, 0.4) is 0 Å². The standard InChI is InChI=1S/C10H9ClN2O3/c1-13-9-6(11)2-5(4-8(14)15)3-7(9)12-10(13)16/h2-3H,4H2,1H3,(H,12,16)(H,14,15). The maximum Gasteiger partial charge on any atom is 0.326 e. The molecule has 0 spiro atoms. The third kappa shape index (κ3) is 1.69. The first-order valence-corrected chi connectivity index (χ1v) is 4.96. The highest BCUT2D eigenvalue weighted by Gasteiger charge is 2.10. The first kappa shape index (κ1) is 10.8. The second-order valence-electron chi connectivity index (χ2n) is 3.53. The minimum Gasteiger partial charge on any atom is -0.481 e. The average molecular weight is 241 g/mol. The SMILES string of the molecule is Cn1c(=O)[nH]c2cc(CC(=O)O)cc(Cl)c21. The van der Waals surface area contributed by atoms with Gasteiger partial charge >= 0.3 is 11.7 Å². The van der Waals surface area contributed by atoms with E-state index in [1.807, 2.05) is 0 Å². The number of imidazole rings is 1. The molecule has 1 heterocycles. The third-order valence-electron chi connectivity index (χ3n) is 2.36. The number of aryl methyl sites for hydroxylation is 1. The molecular weight excluding hydrogens is 232 g/mol. The van der Waals surface area contributed by atoms with Crippen molar-refractivity contribution in [3.05, 3.63) is 33.2 Å². The Morgan fingerprint density at radius 1 is 1.56 bits per heavy atom. The van der Waals surface area contributed by atoms with Crippen LogP contribution in [0.25, 0.3) is 11.0 Å². The summed E-state index contributed by atoms with van der Waals surface area (Å²) < 4.78 is 1.39. The summed E-state index contributed by atoms with van der Waals surface area (Å²) in [7, 11) is 1.60. The fourth-order valence-corrected chi connectivity index (χ4v) is 2.04. The van der Waals surface area contributed by atoms with E-state index in [1.165, 1.54) is 4.57 Å². The van der Waals surface area contributed by atoms with Crippen molar-refractivity contribution in [1.29, 1.82) is 0 Å². The van der Waals surface area contributed by atoms with Crippen molar-refractivity contribution < 1.29 is 9.90 Å². The largest absolute Gasteiger partial charge is 0.481 e. The lowest BCUT2D eigenvalue weighted by Crippen LogP contribution is -2.11. The molecule has 0 saturated heterocycles. The van der Waals surface area contributed by atoms with E-state index >= 15 is 0 Å². The molecule has 0 atom stereocenters. The number of carbonyl (C=O) groups is 1. The summed E-state index contributed by atoms with van der Waals surface area (Å²) in [5, 5.41) is 9.04. The van der Waals surface area contributed by atoms with E-state index in [0.717, 1.165) is 0 Å². The molecule has 0 radical (unpaired) electrons. The smallest absolute Gasteiger partial charge is 0.326 e. The molecule has 6 heteroatoms. The molecule has 0 amide bonds. The molecule has 16 heavy (non-hydrogen) atoms. The van der Waals surface area contributed by atoms with Gasteiger partial charge in [-0.25, -0.2) is 4.79 Å². The summed E-state index contributed by atoms with van der Waals surface area (Å²) in [6, 6.07) is 3.18. The molecule has 0 aliphatic heterocycles. The van der Waals surface area contributed by atoms with Crippen LogP contribution in [0.2, 0.25) is 5.02 Å². The van der Waals surface area contributed by atoms with Gasteiger partial charge in [0.15, 0.2) is 0 Å². The predicted octanol–water partition coefficient (Wildman–Crippen LogP) is 1.15. The summed E-state index contributed by atoms with van der Waals surface area (Å²) in [6.45, 7) is 0. The number of nitrogens with zero attached hydrogens (tertiary/aromatic N) is 1. The number of rotatable bonds is 2. The number of nitrogens with one attached hydrogen (secondary N) is 1. The molecule has 2 N–H and O–H groups in total. The third-order valence-corrected chi connectivity index (χ3v) is 2.65. The van der Waals surface area contributed by atoms with Crippen LogP contribution >= 0.6 is 11.6 Å². The number of aliphatic carboxylic acids is 1. The van der Waals surface area contributed by atoms with Gasteiger partial charge in [0.05, 0.1) is 22.5 Å². The second-order valence-corrected chi connectivity index (χ2v) is 3.94. The van der Waals surface area contributed by atoms with Crippen molar-refractivity contribution in [3.8, 4) is 0 Å². The first-order valence-electron chi connectivity index (χ1n) is 4.58. The summed E-state index contributed by atoms with van der Waals surface area (Å²) in [6.07, 6.45) is -0.118. The second kappa shape index (κ2) is 3.68. The van der Waals surface area contributed by atoms with Crippen LogP contribution in [0.4, 0.5) is 0 Å². The van der Waals surface area contributed by atoms with Crippen LogP contribution in [0.1, 0.15) is 5.56 Å². The zero-order valence-corrected chi connectivity index (χ0v) is 9.21. The highest BCUT2D eigenvalue weighted by Crippen LogP contribution is 2.23.